The van der Waals surface area contributed by atoms with Crippen LogP contribution in [0, 0.1) is 5.92 Å². The Morgan fingerprint density at radius 2 is 1.59 bits per heavy atom. The summed E-state index contributed by atoms with van der Waals surface area (Å²) in [6.45, 7) is 8.59. The van der Waals surface area contributed by atoms with Gasteiger partial charge < -0.3 is 19.5 Å². The summed E-state index contributed by atoms with van der Waals surface area (Å²) < 4.78 is 15.6. The van der Waals surface area contributed by atoms with Crippen molar-refractivity contribution in [1.82, 2.24) is 5.32 Å². The van der Waals surface area contributed by atoms with Crippen LogP contribution < -0.4 is 5.32 Å². The van der Waals surface area contributed by atoms with Crippen molar-refractivity contribution in [2.75, 3.05) is 52.0 Å². The van der Waals surface area contributed by atoms with E-state index in [1.165, 1.54) is 0 Å². The van der Waals surface area contributed by atoms with Gasteiger partial charge in [-0.15, -0.1) is 0 Å². The van der Waals surface area contributed by atoms with Gasteiger partial charge in [0.25, 0.3) is 0 Å². The van der Waals surface area contributed by atoms with E-state index in [1.807, 2.05) is 0 Å². The Balaban J connectivity index is 3.13. The second kappa shape index (κ2) is 12.8. The van der Waals surface area contributed by atoms with E-state index in [-0.39, 0.29) is 0 Å². The van der Waals surface area contributed by atoms with Crippen LogP contribution in [0.5, 0.6) is 0 Å². The van der Waals surface area contributed by atoms with Crippen LogP contribution in [0.2, 0.25) is 0 Å². The van der Waals surface area contributed by atoms with E-state index in [0.29, 0.717) is 38.4 Å². The zero-order chi connectivity index (χ0) is 12.9. The standard InChI is InChI=1S/C12H26BrNO3/c1-11(10-13)12(2)14-4-5-16-8-9-17-7-6-15-3/h11-12,14H,4-10H2,1-3H3. The first-order valence-corrected chi connectivity index (χ1v) is 7.28. The van der Waals surface area contributed by atoms with Crippen molar-refractivity contribution in [2.45, 2.75) is 19.9 Å². The van der Waals surface area contributed by atoms with Crippen LogP contribution in [0.25, 0.3) is 0 Å². The number of nitrogens with one attached hydrogen (secondary N) is 1. The average molecular weight is 312 g/mol. The molecule has 0 aliphatic rings. The molecule has 0 radical (unpaired) electrons. The zero-order valence-corrected chi connectivity index (χ0v) is 12.8. The summed E-state index contributed by atoms with van der Waals surface area (Å²) in [6.07, 6.45) is 0. The molecule has 0 spiro atoms. The number of hydrogen-bond donors (Lipinski definition) is 1. The average Bonchev–Trinajstić information content (AvgIpc) is 2.35. The van der Waals surface area contributed by atoms with Crippen LogP contribution in [0.4, 0.5) is 0 Å². The maximum atomic E-state index is 5.44. The van der Waals surface area contributed by atoms with Crippen molar-refractivity contribution >= 4 is 15.9 Å². The predicted octanol–water partition coefficient (Wildman–Crippen LogP) is 1.68. The first kappa shape index (κ1) is 17.3. The molecule has 2 unspecified atom stereocenters. The highest BCUT2D eigenvalue weighted by Gasteiger charge is 2.08. The molecule has 0 aromatic rings. The largest absolute Gasteiger partial charge is 0.382 e. The van der Waals surface area contributed by atoms with Crippen LogP contribution in [-0.2, 0) is 14.2 Å². The SMILES string of the molecule is COCCOCCOCCNC(C)C(C)CBr. The summed E-state index contributed by atoms with van der Waals surface area (Å²) in [5, 5.41) is 4.45. The lowest BCUT2D eigenvalue weighted by Crippen LogP contribution is -2.35. The van der Waals surface area contributed by atoms with E-state index < -0.39 is 0 Å². The lowest BCUT2D eigenvalue weighted by atomic mass is 10.1. The van der Waals surface area contributed by atoms with Crippen molar-refractivity contribution in [3.63, 3.8) is 0 Å². The molecule has 0 heterocycles. The van der Waals surface area contributed by atoms with E-state index in [1.54, 1.807) is 7.11 Å². The molecule has 5 heteroatoms. The van der Waals surface area contributed by atoms with Crippen LogP contribution >= 0.6 is 15.9 Å². The molecule has 0 saturated carbocycles. The van der Waals surface area contributed by atoms with Gasteiger partial charge in [0.1, 0.15) is 0 Å². The minimum absolute atomic E-state index is 0.510. The molecule has 2 atom stereocenters. The van der Waals surface area contributed by atoms with E-state index in [4.69, 9.17) is 14.2 Å². The molecule has 0 bridgehead atoms. The fourth-order valence-corrected chi connectivity index (χ4v) is 1.72. The molecule has 1 N–H and O–H groups in total. The Morgan fingerprint density at radius 1 is 1.00 bits per heavy atom. The van der Waals surface area contributed by atoms with Crippen LogP contribution in [-0.4, -0.2) is 58.1 Å². The van der Waals surface area contributed by atoms with Gasteiger partial charge in [0.15, 0.2) is 0 Å². The molecule has 0 aromatic heterocycles. The van der Waals surface area contributed by atoms with Crippen LogP contribution in [0.3, 0.4) is 0 Å². The molecule has 0 aliphatic heterocycles. The monoisotopic (exact) mass is 311 g/mol. The Kier molecular flexibility index (Phi) is 13.0. The van der Waals surface area contributed by atoms with E-state index >= 15 is 0 Å². The van der Waals surface area contributed by atoms with Crippen molar-refractivity contribution in [3.05, 3.63) is 0 Å². The Hall–Kier alpha value is 0.320. The van der Waals surface area contributed by atoms with Gasteiger partial charge in [-0.3, -0.25) is 0 Å². The first-order valence-electron chi connectivity index (χ1n) is 6.16. The van der Waals surface area contributed by atoms with Gasteiger partial charge in [-0.05, 0) is 12.8 Å². The topological polar surface area (TPSA) is 39.7 Å². The molecular formula is C12H26BrNO3. The van der Waals surface area contributed by atoms with Crippen molar-refractivity contribution in [3.8, 4) is 0 Å². The van der Waals surface area contributed by atoms with Gasteiger partial charge in [0.2, 0.25) is 0 Å². The zero-order valence-electron chi connectivity index (χ0n) is 11.2. The lowest BCUT2D eigenvalue weighted by molar-refractivity contribution is 0.0251. The molecule has 104 valence electrons. The van der Waals surface area contributed by atoms with Gasteiger partial charge in [0.05, 0.1) is 33.0 Å². The van der Waals surface area contributed by atoms with Gasteiger partial charge in [-0.25, -0.2) is 0 Å². The molecule has 0 fully saturated rings. The molecule has 0 aromatic carbocycles. The minimum atomic E-state index is 0.510. The van der Waals surface area contributed by atoms with E-state index in [2.05, 4.69) is 35.1 Å². The molecular weight excluding hydrogens is 286 g/mol. The minimum Gasteiger partial charge on any atom is -0.382 e. The van der Waals surface area contributed by atoms with E-state index in [0.717, 1.165) is 18.5 Å². The van der Waals surface area contributed by atoms with Crippen molar-refractivity contribution in [2.24, 2.45) is 5.92 Å². The predicted molar refractivity (Wildman–Crippen MR) is 73.9 cm³/mol. The molecule has 4 nitrogen and oxygen atoms in total. The fraction of sp³-hybridized carbons (Fsp3) is 1.00. The Morgan fingerprint density at radius 3 is 2.18 bits per heavy atom. The van der Waals surface area contributed by atoms with Crippen LogP contribution in [0.15, 0.2) is 0 Å². The second-order valence-corrected chi connectivity index (χ2v) is 4.74. The Labute approximate surface area is 114 Å². The highest BCUT2D eigenvalue weighted by Crippen LogP contribution is 2.05. The summed E-state index contributed by atoms with van der Waals surface area (Å²) in [4.78, 5) is 0. The quantitative estimate of drug-likeness (QED) is 0.440. The number of rotatable bonds is 12. The smallest absolute Gasteiger partial charge is 0.0701 e. The summed E-state index contributed by atoms with van der Waals surface area (Å²) in [6, 6.07) is 0.510. The van der Waals surface area contributed by atoms with Gasteiger partial charge >= 0.3 is 0 Å². The third-order valence-electron chi connectivity index (χ3n) is 2.61. The summed E-state index contributed by atoms with van der Waals surface area (Å²) in [5.41, 5.74) is 0. The third kappa shape index (κ3) is 11.2. The number of halogens is 1. The van der Waals surface area contributed by atoms with Gasteiger partial charge in [-0.1, -0.05) is 22.9 Å². The molecule has 17 heavy (non-hydrogen) atoms. The highest BCUT2D eigenvalue weighted by molar-refractivity contribution is 9.09. The Bertz CT molecular complexity index is 161. The van der Waals surface area contributed by atoms with Gasteiger partial charge in [0, 0.05) is 25.0 Å². The normalized spacial score (nSPS) is 14.8. The highest BCUT2D eigenvalue weighted by atomic mass is 79.9. The van der Waals surface area contributed by atoms with E-state index in [9.17, 15) is 0 Å². The first-order chi connectivity index (χ1) is 8.22. The summed E-state index contributed by atoms with van der Waals surface area (Å²) in [7, 11) is 1.67. The number of methoxy groups -OCH3 is 1. The molecule has 0 saturated heterocycles. The fourth-order valence-electron chi connectivity index (χ4n) is 1.16. The number of alkyl halides is 1. The maximum Gasteiger partial charge on any atom is 0.0701 e. The molecule has 0 rings (SSSR count). The lowest BCUT2D eigenvalue weighted by Gasteiger charge is -2.19. The van der Waals surface area contributed by atoms with Crippen molar-refractivity contribution < 1.29 is 14.2 Å². The second-order valence-electron chi connectivity index (χ2n) is 4.09. The number of ether oxygens (including phenoxy) is 3. The summed E-state index contributed by atoms with van der Waals surface area (Å²) in [5.74, 6) is 0.632. The third-order valence-corrected chi connectivity index (χ3v) is 3.63. The van der Waals surface area contributed by atoms with Gasteiger partial charge in [-0.2, -0.15) is 0 Å². The summed E-state index contributed by atoms with van der Waals surface area (Å²) >= 11 is 3.48. The van der Waals surface area contributed by atoms with Crippen LogP contribution in [0.1, 0.15) is 13.8 Å². The maximum absolute atomic E-state index is 5.44. The molecule has 0 amide bonds. The number of hydrogen-bond acceptors (Lipinski definition) is 4. The van der Waals surface area contributed by atoms with Crippen molar-refractivity contribution in [1.29, 1.82) is 0 Å². The molecule has 0 aliphatic carbocycles.